The number of β-amino-alcohol motifs (C(OH)–C–C–N with tert-alkyl or cyclic N) is 1. The smallest absolute Gasteiger partial charge is 0.293 e. The maximum Gasteiger partial charge on any atom is 0.293 e. The topological polar surface area (TPSA) is 99.8 Å². The molecule has 8 nitrogen and oxygen atoms in total. The summed E-state index contributed by atoms with van der Waals surface area (Å²) < 4.78 is 5.31. The first-order valence-electron chi connectivity index (χ1n) is 11.0. The van der Waals surface area contributed by atoms with Crippen molar-refractivity contribution in [1.29, 1.82) is 0 Å². The van der Waals surface area contributed by atoms with Gasteiger partial charge in [0.2, 0.25) is 17.3 Å². The van der Waals surface area contributed by atoms with E-state index in [1.54, 1.807) is 23.2 Å². The number of aliphatic hydroxyl groups excluding tert-OH is 1. The maximum absolute atomic E-state index is 13.2. The molecule has 1 unspecified atom stereocenters. The summed E-state index contributed by atoms with van der Waals surface area (Å²) >= 11 is 0. The SMILES string of the molecule is O=C(c1onc2ncccc12)N1CC(O)CC2(CCN(C(=O)C3CCCC3)CC2)C1. The van der Waals surface area contributed by atoms with Crippen LogP contribution in [0, 0.1) is 11.3 Å². The minimum atomic E-state index is -0.577. The van der Waals surface area contributed by atoms with Gasteiger partial charge in [-0.15, -0.1) is 0 Å². The normalized spacial score (nSPS) is 24.6. The summed E-state index contributed by atoms with van der Waals surface area (Å²) in [6.45, 7) is 2.27. The first kappa shape index (κ1) is 19.5. The Balaban J connectivity index is 1.29. The Labute approximate surface area is 175 Å². The molecule has 1 spiro atoms. The van der Waals surface area contributed by atoms with Crippen LogP contribution in [0.3, 0.4) is 0 Å². The molecule has 0 aromatic carbocycles. The summed E-state index contributed by atoms with van der Waals surface area (Å²) in [6, 6.07) is 3.52. The molecule has 1 aliphatic carbocycles. The van der Waals surface area contributed by atoms with Crippen LogP contribution in [0.15, 0.2) is 22.9 Å². The molecule has 1 atom stereocenters. The monoisotopic (exact) mass is 412 g/mol. The fourth-order valence-electron chi connectivity index (χ4n) is 5.58. The van der Waals surface area contributed by atoms with Crippen molar-refractivity contribution in [3.63, 3.8) is 0 Å². The predicted octanol–water partition coefficient (Wildman–Crippen LogP) is 2.23. The van der Waals surface area contributed by atoms with E-state index < -0.39 is 6.10 Å². The third-order valence-electron chi connectivity index (χ3n) is 7.20. The molecule has 0 bridgehead atoms. The Morgan fingerprint density at radius 1 is 1.17 bits per heavy atom. The molecule has 1 N–H and O–H groups in total. The number of likely N-dealkylation sites (tertiary alicyclic amines) is 2. The second kappa shape index (κ2) is 7.65. The van der Waals surface area contributed by atoms with Crippen LogP contribution in [0.2, 0.25) is 0 Å². The third kappa shape index (κ3) is 3.47. The standard InChI is InChI=1S/C22H28N4O4/c27-16-12-22(7-10-25(11-8-22)20(28)15-4-1-2-5-15)14-26(13-16)21(29)18-17-6-3-9-23-19(17)24-30-18/h3,6,9,15-16,27H,1-2,4-5,7-8,10-14H2. The van der Waals surface area contributed by atoms with Gasteiger partial charge in [-0.25, -0.2) is 4.98 Å². The molecule has 2 aromatic heterocycles. The lowest BCUT2D eigenvalue weighted by atomic mass is 9.71. The Hall–Kier alpha value is -2.48. The number of rotatable bonds is 2. The molecule has 1 saturated carbocycles. The van der Waals surface area contributed by atoms with Crippen LogP contribution in [0.5, 0.6) is 0 Å². The van der Waals surface area contributed by atoms with Crippen LogP contribution in [-0.4, -0.2) is 69.1 Å². The number of carbonyl (C=O) groups excluding carboxylic acids is 2. The van der Waals surface area contributed by atoms with Gasteiger partial charge in [0, 0.05) is 38.3 Å². The Kier molecular flexibility index (Phi) is 4.97. The van der Waals surface area contributed by atoms with E-state index in [0.29, 0.717) is 43.0 Å². The number of fused-ring (bicyclic) bond motifs is 1. The van der Waals surface area contributed by atoms with Crippen molar-refractivity contribution in [3.05, 3.63) is 24.1 Å². The van der Waals surface area contributed by atoms with Gasteiger partial charge in [-0.1, -0.05) is 18.0 Å². The Bertz CT molecular complexity index is 944. The summed E-state index contributed by atoms with van der Waals surface area (Å²) in [5.74, 6) is 0.416. The maximum atomic E-state index is 13.2. The quantitative estimate of drug-likeness (QED) is 0.812. The first-order chi connectivity index (χ1) is 14.5. The van der Waals surface area contributed by atoms with Gasteiger partial charge in [-0.05, 0) is 49.7 Å². The summed E-state index contributed by atoms with van der Waals surface area (Å²) in [5.41, 5.74) is 0.250. The van der Waals surface area contributed by atoms with Crippen LogP contribution in [0.4, 0.5) is 0 Å². The van der Waals surface area contributed by atoms with E-state index in [1.165, 1.54) is 0 Å². The summed E-state index contributed by atoms with van der Waals surface area (Å²) in [5, 5.41) is 15.0. The largest absolute Gasteiger partial charge is 0.391 e. The summed E-state index contributed by atoms with van der Waals surface area (Å²) in [4.78, 5) is 33.8. The second-order valence-corrected chi connectivity index (χ2v) is 9.24. The van der Waals surface area contributed by atoms with Crippen molar-refractivity contribution >= 4 is 22.8 Å². The van der Waals surface area contributed by atoms with Crippen LogP contribution < -0.4 is 0 Å². The molecule has 2 aliphatic heterocycles. The molecule has 3 aliphatic rings. The number of hydrogen-bond acceptors (Lipinski definition) is 6. The molecule has 2 saturated heterocycles. The highest BCUT2D eigenvalue weighted by Gasteiger charge is 2.45. The van der Waals surface area contributed by atoms with Gasteiger partial charge in [0.1, 0.15) is 0 Å². The lowest BCUT2D eigenvalue weighted by Crippen LogP contribution is -2.56. The lowest BCUT2D eigenvalue weighted by Gasteiger charge is -2.49. The molecule has 8 heteroatoms. The Morgan fingerprint density at radius 2 is 1.93 bits per heavy atom. The zero-order valence-corrected chi connectivity index (χ0v) is 17.1. The van der Waals surface area contributed by atoms with E-state index >= 15 is 0 Å². The average Bonchev–Trinajstić information content (AvgIpc) is 3.43. The van der Waals surface area contributed by atoms with Gasteiger partial charge < -0.3 is 19.4 Å². The van der Waals surface area contributed by atoms with Crippen molar-refractivity contribution in [2.75, 3.05) is 26.2 Å². The van der Waals surface area contributed by atoms with Crippen LogP contribution in [-0.2, 0) is 4.79 Å². The van der Waals surface area contributed by atoms with E-state index in [-0.39, 0.29) is 29.5 Å². The molecule has 4 heterocycles. The molecule has 2 aromatic rings. The molecule has 2 amide bonds. The average molecular weight is 412 g/mol. The highest BCUT2D eigenvalue weighted by Crippen LogP contribution is 2.41. The number of hydrogen-bond donors (Lipinski definition) is 1. The molecule has 160 valence electrons. The van der Waals surface area contributed by atoms with Crippen molar-refractivity contribution in [3.8, 4) is 0 Å². The number of aromatic nitrogens is 2. The van der Waals surface area contributed by atoms with E-state index in [1.807, 2.05) is 4.90 Å². The Morgan fingerprint density at radius 3 is 2.70 bits per heavy atom. The number of piperidine rings is 2. The van der Waals surface area contributed by atoms with Crippen molar-refractivity contribution in [1.82, 2.24) is 19.9 Å². The minimum absolute atomic E-state index is 0.159. The number of amides is 2. The molecular weight excluding hydrogens is 384 g/mol. The van der Waals surface area contributed by atoms with Gasteiger partial charge >= 0.3 is 0 Å². The molecule has 0 radical (unpaired) electrons. The van der Waals surface area contributed by atoms with Gasteiger partial charge in [-0.3, -0.25) is 9.59 Å². The van der Waals surface area contributed by atoms with Crippen LogP contribution in [0.25, 0.3) is 11.0 Å². The van der Waals surface area contributed by atoms with E-state index in [0.717, 1.165) is 38.5 Å². The van der Waals surface area contributed by atoms with E-state index in [4.69, 9.17) is 4.52 Å². The molecule has 3 fully saturated rings. The molecular formula is C22H28N4O4. The van der Waals surface area contributed by atoms with Gasteiger partial charge in [0.05, 0.1) is 11.5 Å². The highest BCUT2D eigenvalue weighted by molar-refractivity contribution is 6.02. The van der Waals surface area contributed by atoms with Crippen molar-refractivity contribution < 1.29 is 19.2 Å². The van der Waals surface area contributed by atoms with Gasteiger partial charge in [-0.2, -0.15) is 0 Å². The van der Waals surface area contributed by atoms with Gasteiger partial charge in [0.15, 0.2) is 0 Å². The van der Waals surface area contributed by atoms with Gasteiger partial charge in [0.25, 0.3) is 5.91 Å². The van der Waals surface area contributed by atoms with E-state index in [9.17, 15) is 14.7 Å². The molecule has 30 heavy (non-hydrogen) atoms. The fraction of sp³-hybridized carbons (Fsp3) is 0.636. The van der Waals surface area contributed by atoms with Crippen molar-refractivity contribution in [2.45, 2.75) is 51.0 Å². The minimum Gasteiger partial charge on any atom is -0.391 e. The third-order valence-corrected chi connectivity index (χ3v) is 7.20. The number of aliphatic hydroxyl groups is 1. The predicted molar refractivity (Wildman–Crippen MR) is 109 cm³/mol. The number of carbonyl (C=O) groups is 2. The highest BCUT2D eigenvalue weighted by atomic mass is 16.5. The first-order valence-corrected chi connectivity index (χ1v) is 11.0. The van der Waals surface area contributed by atoms with Crippen LogP contribution in [0.1, 0.15) is 55.5 Å². The number of pyridine rings is 1. The summed E-state index contributed by atoms with van der Waals surface area (Å²) in [6.07, 6.45) is 7.67. The van der Waals surface area contributed by atoms with E-state index in [2.05, 4.69) is 10.1 Å². The zero-order valence-electron chi connectivity index (χ0n) is 17.1. The lowest BCUT2D eigenvalue weighted by molar-refractivity contribution is -0.139. The summed E-state index contributed by atoms with van der Waals surface area (Å²) in [7, 11) is 0. The zero-order chi connectivity index (χ0) is 20.7. The van der Waals surface area contributed by atoms with Crippen molar-refractivity contribution in [2.24, 2.45) is 11.3 Å². The van der Waals surface area contributed by atoms with Crippen LogP contribution >= 0.6 is 0 Å². The molecule has 5 rings (SSSR count). The fourth-order valence-corrected chi connectivity index (χ4v) is 5.58. The number of nitrogens with zero attached hydrogens (tertiary/aromatic N) is 4. The second-order valence-electron chi connectivity index (χ2n) is 9.24.